The van der Waals surface area contributed by atoms with Gasteiger partial charge in [0.1, 0.15) is 0 Å². The van der Waals surface area contributed by atoms with Gasteiger partial charge in [0.25, 0.3) is 0 Å². The van der Waals surface area contributed by atoms with Crippen LogP contribution in [-0.4, -0.2) is 25.9 Å². The van der Waals surface area contributed by atoms with Crippen molar-refractivity contribution in [3.63, 3.8) is 0 Å². The number of hydrogen-bond acceptors (Lipinski definition) is 3. The van der Waals surface area contributed by atoms with Gasteiger partial charge in [-0.2, -0.15) is 0 Å². The Morgan fingerprint density at radius 2 is 2.29 bits per heavy atom. The van der Waals surface area contributed by atoms with Gasteiger partial charge in [-0.1, -0.05) is 6.92 Å². The first-order chi connectivity index (χ1) is 8.20. The zero-order chi connectivity index (χ0) is 12.3. The Labute approximate surface area is 109 Å². The van der Waals surface area contributed by atoms with E-state index in [-0.39, 0.29) is 0 Å². The first-order valence-corrected chi connectivity index (χ1v) is 7.36. The summed E-state index contributed by atoms with van der Waals surface area (Å²) in [5.74, 6) is 1.82. The highest BCUT2D eigenvalue weighted by Gasteiger charge is 2.12. The number of anilines is 1. The van der Waals surface area contributed by atoms with E-state index in [1.165, 1.54) is 34.7 Å². The van der Waals surface area contributed by atoms with Crippen LogP contribution in [0, 0.1) is 5.92 Å². The van der Waals surface area contributed by atoms with Crippen molar-refractivity contribution in [1.82, 2.24) is 0 Å². The van der Waals surface area contributed by atoms with E-state index in [4.69, 9.17) is 5.73 Å². The molecule has 0 saturated carbocycles. The third kappa shape index (κ3) is 3.17. The summed E-state index contributed by atoms with van der Waals surface area (Å²) in [5.41, 5.74) is 8.52. The lowest BCUT2D eigenvalue weighted by Crippen LogP contribution is -2.28. The molecule has 0 bridgehead atoms. The van der Waals surface area contributed by atoms with Crippen LogP contribution in [0.5, 0.6) is 0 Å². The summed E-state index contributed by atoms with van der Waals surface area (Å²) < 4.78 is 0. The van der Waals surface area contributed by atoms with E-state index in [0.717, 1.165) is 13.1 Å². The topological polar surface area (TPSA) is 29.3 Å². The van der Waals surface area contributed by atoms with Crippen LogP contribution in [0.3, 0.4) is 0 Å². The zero-order valence-electron chi connectivity index (χ0n) is 10.8. The van der Waals surface area contributed by atoms with Crippen LogP contribution in [0.4, 0.5) is 5.69 Å². The standard InChI is InChI=1S/C14H22N2S/c1-11(9-15)10-16(2)13-5-6-14-12(8-13)4-3-7-17-14/h5-6,8,11H,3-4,7,9-10,15H2,1-2H3. The SMILES string of the molecule is CC(CN)CN(C)c1ccc2c(c1)CCCS2. The summed E-state index contributed by atoms with van der Waals surface area (Å²) >= 11 is 1.99. The van der Waals surface area contributed by atoms with Crippen LogP contribution in [0.25, 0.3) is 0 Å². The van der Waals surface area contributed by atoms with Gasteiger partial charge in [0.15, 0.2) is 0 Å². The minimum Gasteiger partial charge on any atom is -0.374 e. The van der Waals surface area contributed by atoms with Crippen molar-refractivity contribution >= 4 is 17.4 Å². The zero-order valence-corrected chi connectivity index (χ0v) is 11.6. The highest BCUT2D eigenvalue weighted by atomic mass is 32.2. The molecule has 0 spiro atoms. The number of hydrogen-bond donors (Lipinski definition) is 1. The van der Waals surface area contributed by atoms with Gasteiger partial charge in [-0.25, -0.2) is 0 Å². The van der Waals surface area contributed by atoms with Gasteiger partial charge in [-0.15, -0.1) is 11.8 Å². The van der Waals surface area contributed by atoms with Crippen molar-refractivity contribution in [3.05, 3.63) is 23.8 Å². The Bertz CT molecular complexity index is 378. The van der Waals surface area contributed by atoms with E-state index < -0.39 is 0 Å². The van der Waals surface area contributed by atoms with Gasteiger partial charge in [0.2, 0.25) is 0 Å². The molecule has 1 aromatic carbocycles. The highest BCUT2D eigenvalue weighted by Crippen LogP contribution is 2.32. The molecule has 0 fully saturated rings. The average molecular weight is 250 g/mol. The molecule has 1 heterocycles. The van der Waals surface area contributed by atoms with E-state index in [1.807, 2.05) is 11.8 Å². The lowest BCUT2D eigenvalue weighted by Gasteiger charge is -2.25. The van der Waals surface area contributed by atoms with Gasteiger partial charge >= 0.3 is 0 Å². The molecule has 1 aliphatic rings. The summed E-state index contributed by atoms with van der Waals surface area (Å²) in [6, 6.07) is 6.86. The van der Waals surface area contributed by atoms with E-state index in [9.17, 15) is 0 Å². The third-order valence-corrected chi connectivity index (χ3v) is 4.52. The Hall–Kier alpha value is -0.670. The van der Waals surface area contributed by atoms with Gasteiger partial charge < -0.3 is 10.6 Å². The van der Waals surface area contributed by atoms with Crippen molar-refractivity contribution < 1.29 is 0 Å². The average Bonchev–Trinajstić information content (AvgIpc) is 2.38. The Morgan fingerprint density at radius 1 is 1.47 bits per heavy atom. The number of thioether (sulfide) groups is 1. The van der Waals surface area contributed by atoms with Crippen molar-refractivity contribution in [1.29, 1.82) is 0 Å². The van der Waals surface area contributed by atoms with Crippen molar-refractivity contribution in [2.24, 2.45) is 11.7 Å². The van der Waals surface area contributed by atoms with Gasteiger partial charge in [0.05, 0.1) is 0 Å². The summed E-state index contributed by atoms with van der Waals surface area (Å²) in [4.78, 5) is 3.79. The van der Waals surface area contributed by atoms with Gasteiger partial charge in [0, 0.05) is 24.2 Å². The number of fused-ring (bicyclic) bond motifs is 1. The smallest absolute Gasteiger partial charge is 0.0367 e. The molecule has 2 N–H and O–H groups in total. The Morgan fingerprint density at radius 3 is 3.06 bits per heavy atom. The van der Waals surface area contributed by atoms with Crippen molar-refractivity contribution in [3.8, 4) is 0 Å². The van der Waals surface area contributed by atoms with Crippen molar-refractivity contribution in [2.75, 3.05) is 30.8 Å². The van der Waals surface area contributed by atoms with E-state index in [0.29, 0.717) is 5.92 Å². The number of rotatable bonds is 4. The minimum absolute atomic E-state index is 0.547. The fourth-order valence-electron chi connectivity index (χ4n) is 2.23. The number of aryl methyl sites for hydroxylation is 1. The van der Waals surface area contributed by atoms with E-state index >= 15 is 0 Å². The van der Waals surface area contributed by atoms with Crippen LogP contribution < -0.4 is 10.6 Å². The largest absolute Gasteiger partial charge is 0.374 e. The molecular formula is C14H22N2S. The first-order valence-electron chi connectivity index (χ1n) is 6.37. The molecule has 2 rings (SSSR count). The summed E-state index contributed by atoms with van der Waals surface area (Å²) in [6.07, 6.45) is 2.54. The Balaban J connectivity index is 2.10. The van der Waals surface area contributed by atoms with E-state index in [1.54, 1.807) is 0 Å². The monoisotopic (exact) mass is 250 g/mol. The van der Waals surface area contributed by atoms with Gasteiger partial charge in [-0.05, 0) is 54.8 Å². The molecular weight excluding hydrogens is 228 g/mol. The fourth-order valence-corrected chi connectivity index (χ4v) is 3.25. The lowest BCUT2D eigenvalue weighted by atomic mass is 10.1. The maximum atomic E-state index is 5.68. The Kier molecular flexibility index (Phi) is 4.35. The highest BCUT2D eigenvalue weighted by molar-refractivity contribution is 7.99. The molecule has 0 amide bonds. The molecule has 0 aromatic heterocycles. The van der Waals surface area contributed by atoms with Crippen LogP contribution in [0.15, 0.2) is 23.1 Å². The first kappa shape index (κ1) is 12.8. The van der Waals surface area contributed by atoms with Crippen LogP contribution in [0.1, 0.15) is 18.9 Å². The second-order valence-corrected chi connectivity index (χ2v) is 6.10. The number of nitrogens with two attached hydrogens (primary N) is 1. The summed E-state index contributed by atoms with van der Waals surface area (Å²) in [7, 11) is 2.16. The van der Waals surface area contributed by atoms with E-state index in [2.05, 4.69) is 37.1 Å². The van der Waals surface area contributed by atoms with Gasteiger partial charge in [-0.3, -0.25) is 0 Å². The predicted molar refractivity (Wildman–Crippen MR) is 77.0 cm³/mol. The second-order valence-electron chi connectivity index (χ2n) is 4.97. The molecule has 1 unspecified atom stereocenters. The van der Waals surface area contributed by atoms with Crippen LogP contribution in [0.2, 0.25) is 0 Å². The molecule has 1 aromatic rings. The normalized spacial score (nSPS) is 16.4. The third-order valence-electron chi connectivity index (χ3n) is 3.32. The molecule has 1 atom stereocenters. The number of nitrogens with zero attached hydrogens (tertiary/aromatic N) is 1. The minimum atomic E-state index is 0.547. The molecule has 0 aliphatic carbocycles. The molecule has 1 aliphatic heterocycles. The van der Waals surface area contributed by atoms with Crippen LogP contribution in [-0.2, 0) is 6.42 Å². The molecule has 17 heavy (non-hydrogen) atoms. The lowest BCUT2D eigenvalue weighted by molar-refractivity contribution is 0.590. The molecule has 3 heteroatoms. The number of benzene rings is 1. The summed E-state index contributed by atoms with van der Waals surface area (Å²) in [6.45, 7) is 3.98. The quantitative estimate of drug-likeness (QED) is 0.891. The predicted octanol–water partition coefficient (Wildman–Crippen LogP) is 2.76. The van der Waals surface area contributed by atoms with Crippen molar-refractivity contribution in [2.45, 2.75) is 24.7 Å². The molecule has 2 nitrogen and oxygen atoms in total. The molecule has 94 valence electrons. The molecule has 0 saturated heterocycles. The van der Waals surface area contributed by atoms with Crippen LogP contribution >= 0.6 is 11.8 Å². The summed E-state index contributed by atoms with van der Waals surface area (Å²) in [5, 5.41) is 0. The molecule has 0 radical (unpaired) electrons. The maximum Gasteiger partial charge on any atom is 0.0367 e. The second kappa shape index (κ2) is 5.78. The fraction of sp³-hybridized carbons (Fsp3) is 0.571. The maximum absolute atomic E-state index is 5.68.